The first kappa shape index (κ1) is 14.5. The second-order valence-corrected chi connectivity index (χ2v) is 4.91. The van der Waals surface area contributed by atoms with Crippen LogP contribution >= 0.6 is 0 Å². The van der Waals surface area contributed by atoms with E-state index in [0.717, 1.165) is 16.8 Å². The molecule has 1 amide bonds. The number of primary amides is 1. The summed E-state index contributed by atoms with van der Waals surface area (Å²) in [5, 5.41) is 12.4. The second-order valence-electron chi connectivity index (χ2n) is 4.91. The lowest BCUT2D eigenvalue weighted by atomic mass is 10.1. The predicted molar refractivity (Wildman–Crippen MR) is 87.4 cm³/mol. The molecule has 0 radical (unpaired) electrons. The van der Waals surface area contributed by atoms with Gasteiger partial charge in [0.25, 0.3) is 5.91 Å². The van der Waals surface area contributed by atoms with Crippen LogP contribution in [0.3, 0.4) is 0 Å². The van der Waals surface area contributed by atoms with Crippen molar-refractivity contribution in [3.05, 3.63) is 66.5 Å². The van der Waals surface area contributed by atoms with Crippen LogP contribution in [0.5, 0.6) is 5.75 Å². The van der Waals surface area contributed by atoms with Crippen molar-refractivity contribution in [3.63, 3.8) is 0 Å². The molecule has 3 aromatic rings. The van der Waals surface area contributed by atoms with Crippen molar-refractivity contribution in [3.8, 4) is 16.9 Å². The lowest BCUT2D eigenvalue weighted by molar-refractivity contribution is 0.0999. The Bertz CT molecular complexity index is 830. The summed E-state index contributed by atoms with van der Waals surface area (Å²) in [6.07, 6.45) is 2.75. The molecule has 0 aliphatic heterocycles. The van der Waals surface area contributed by atoms with Gasteiger partial charge in [-0.15, -0.1) is 0 Å². The van der Waals surface area contributed by atoms with Gasteiger partial charge in [-0.3, -0.25) is 4.79 Å². The van der Waals surface area contributed by atoms with Gasteiger partial charge in [0.15, 0.2) is 0 Å². The molecule has 23 heavy (non-hydrogen) atoms. The molecule has 2 aromatic carbocycles. The summed E-state index contributed by atoms with van der Waals surface area (Å²) in [6, 6.07) is 14.7. The van der Waals surface area contributed by atoms with Crippen LogP contribution < -0.4 is 11.1 Å². The van der Waals surface area contributed by atoms with Crippen molar-refractivity contribution < 1.29 is 9.90 Å². The van der Waals surface area contributed by atoms with Crippen molar-refractivity contribution in [1.29, 1.82) is 0 Å². The number of nitrogens with one attached hydrogen (secondary N) is 1. The molecule has 0 atom stereocenters. The molecule has 114 valence electrons. The van der Waals surface area contributed by atoms with Crippen LogP contribution in [0, 0.1) is 0 Å². The van der Waals surface area contributed by atoms with Crippen LogP contribution in [-0.2, 0) is 0 Å². The molecule has 0 spiro atoms. The fraction of sp³-hybridized carbons (Fsp3) is 0. The molecule has 6 heteroatoms. The van der Waals surface area contributed by atoms with E-state index in [1.165, 1.54) is 12.4 Å². The van der Waals surface area contributed by atoms with Crippen molar-refractivity contribution in [2.75, 3.05) is 5.32 Å². The second kappa shape index (κ2) is 6.15. The molecule has 1 aromatic heterocycles. The van der Waals surface area contributed by atoms with Crippen LogP contribution in [0.25, 0.3) is 11.1 Å². The van der Waals surface area contributed by atoms with E-state index < -0.39 is 5.91 Å². The number of aromatic hydroxyl groups is 1. The zero-order chi connectivity index (χ0) is 16.2. The Labute approximate surface area is 132 Å². The monoisotopic (exact) mass is 306 g/mol. The molecule has 3 rings (SSSR count). The minimum Gasteiger partial charge on any atom is -0.508 e. The lowest BCUT2D eigenvalue weighted by Crippen LogP contribution is -2.12. The molecular weight excluding hydrogens is 292 g/mol. The summed E-state index contributed by atoms with van der Waals surface area (Å²) in [5.41, 5.74) is 8.19. The maximum atomic E-state index is 11.0. The van der Waals surface area contributed by atoms with E-state index in [0.29, 0.717) is 5.95 Å². The van der Waals surface area contributed by atoms with Gasteiger partial charge in [0.2, 0.25) is 5.95 Å². The third kappa shape index (κ3) is 3.44. The standard InChI is InChI=1S/C17H14N4O2/c18-16(23)13-9-19-17(20-10-13)21-14-3-1-2-12(8-14)11-4-6-15(22)7-5-11/h1-10,22H,(H2,18,23)(H,19,20,21). The number of carbonyl (C=O) groups excluding carboxylic acids is 1. The number of amides is 1. The summed E-state index contributed by atoms with van der Waals surface area (Å²) >= 11 is 0. The molecule has 4 N–H and O–H groups in total. The van der Waals surface area contributed by atoms with Gasteiger partial charge in [-0.1, -0.05) is 24.3 Å². The maximum Gasteiger partial charge on any atom is 0.251 e. The molecule has 6 nitrogen and oxygen atoms in total. The van der Waals surface area contributed by atoms with Gasteiger partial charge >= 0.3 is 0 Å². The number of aromatic nitrogens is 2. The Hall–Kier alpha value is -3.41. The van der Waals surface area contributed by atoms with E-state index in [4.69, 9.17) is 5.73 Å². The number of carbonyl (C=O) groups is 1. The normalized spacial score (nSPS) is 10.3. The van der Waals surface area contributed by atoms with Gasteiger partial charge in [-0.05, 0) is 35.4 Å². The molecule has 0 saturated heterocycles. The highest BCUT2D eigenvalue weighted by Crippen LogP contribution is 2.25. The first-order valence-corrected chi connectivity index (χ1v) is 6.90. The average molecular weight is 306 g/mol. The molecule has 0 unspecified atom stereocenters. The molecular formula is C17H14N4O2. The van der Waals surface area contributed by atoms with Crippen molar-refractivity contribution in [2.24, 2.45) is 5.73 Å². The fourth-order valence-electron chi connectivity index (χ4n) is 2.08. The minimum absolute atomic E-state index is 0.228. The van der Waals surface area contributed by atoms with Crippen LogP contribution in [-0.4, -0.2) is 21.0 Å². The fourth-order valence-corrected chi connectivity index (χ4v) is 2.08. The van der Waals surface area contributed by atoms with Gasteiger partial charge in [-0.25, -0.2) is 9.97 Å². The van der Waals surface area contributed by atoms with Gasteiger partial charge in [0.05, 0.1) is 5.56 Å². The number of phenolic OH excluding ortho intramolecular Hbond substituents is 1. The molecule has 1 heterocycles. The zero-order valence-electron chi connectivity index (χ0n) is 12.1. The Kier molecular flexibility index (Phi) is 3.88. The number of anilines is 2. The SMILES string of the molecule is NC(=O)c1cnc(Nc2cccc(-c3ccc(O)cc3)c2)nc1. The Morgan fingerprint density at radius 2 is 1.70 bits per heavy atom. The summed E-state index contributed by atoms with van der Waals surface area (Å²) in [7, 11) is 0. The number of hydrogen-bond acceptors (Lipinski definition) is 5. The highest BCUT2D eigenvalue weighted by molar-refractivity contribution is 5.92. The summed E-state index contributed by atoms with van der Waals surface area (Å²) in [6.45, 7) is 0. The summed E-state index contributed by atoms with van der Waals surface area (Å²) < 4.78 is 0. The molecule has 0 bridgehead atoms. The molecule has 0 aliphatic carbocycles. The molecule has 0 fully saturated rings. The maximum absolute atomic E-state index is 11.0. The third-order valence-electron chi connectivity index (χ3n) is 3.26. The van der Waals surface area contributed by atoms with Crippen LogP contribution in [0.15, 0.2) is 60.9 Å². The van der Waals surface area contributed by atoms with E-state index in [9.17, 15) is 9.90 Å². The van der Waals surface area contributed by atoms with Crippen molar-refractivity contribution >= 4 is 17.5 Å². The molecule has 0 aliphatic rings. The number of rotatable bonds is 4. The van der Waals surface area contributed by atoms with Gasteiger partial charge in [-0.2, -0.15) is 0 Å². The Morgan fingerprint density at radius 1 is 1.00 bits per heavy atom. The first-order valence-electron chi connectivity index (χ1n) is 6.90. The number of nitrogens with zero attached hydrogens (tertiary/aromatic N) is 2. The number of phenols is 1. The minimum atomic E-state index is -0.564. The van der Waals surface area contributed by atoms with Crippen LogP contribution in [0.4, 0.5) is 11.6 Å². The van der Waals surface area contributed by atoms with E-state index in [1.807, 2.05) is 36.4 Å². The van der Waals surface area contributed by atoms with Crippen molar-refractivity contribution in [1.82, 2.24) is 9.97 Å². The lowest BCUT2D eigenvalue weighted by Gasteiger charge is -2.08. The number of benzene rings is 2. The highest BCUT2D eigenvalue weighted by Gasteiger charge is 2.04. The van der Waals surface area contributed by atoms with E-state index in [-0.39, 0.29) is 11.3 Å². The topological polar surface area (TPSA) is 101 Å². The van der Waals surface area contributed by atoms with Gasteiger partial charge < -0.3 is 16.2 Å². The number of nitrogens with two attached hydrogens (primary N) is 1. The van der Waals surface area contributed by atoms with E-state index >= 15 is 0 Å². The largest absolute Gasteiger partial charge is 0.508 e. The van der Waals surface area contributed by atoms with Crippen molar-refractivity contribution in [2.45, 2.75) is 0 Å². The van der Waals surface area contributed by atoms with E-state index in [1.54, 1.807) is 12.1 Å². The van der Waals surface area contributed by atoms with Gasteiger partial charge in [0, 0.05) is 18.1 Å². The Balaban J connectivity index is 1.82. The first-order chi connectivity index (χ1) is 11.1. The summed E-state index contributed by atoms with van der Waals surface area (Å²) in [4.78, 5) is 19.1. The predicted octanol–water partition coefficient (Wildman–Crippen LogP) is 2.69. The zero-order valence-corrected chi connectivity index (χ0v) is 12.1. The third-order valence-corrected chi connectivity index (χ3v) is 3.26. The number of hydrogen-bond donors (Lipinski definition) is 3. The van der Waals surface area contributed by atoms with E-state index in [2.05, 4.69) is 15.3 Å². The van der Waals surface area contributed by atoms with Crippen LogP contribution in [0.2, 0.25) is 0 Å². The summed E-state index contributed by atoms with van der Waals surface area (Å²) in [5.74, 6) is 0.0368. The quantitative estimate of drug-likeness (QED) is 0.688. The smallest absolute Gasteiger partial charge is 0.251 e. The van der Waals surface area contributed by atoms with Gasteiger partial charge in [0.1, 0.15) is 5.75 Å². The van der Waals surface area contributed by atoms with Crippen LogP contribution in [0.1, 0.15) is 10.4 Å². The average Bonchev–Trinajstić information content (AvgIpc) is 2.56. The molecule has 0 saturated carbocycles. The highest BCUT2D eigenvalue weighted by atomic mass is 16.3. The Morgan fingerprint density at radius 3 is 2.35 bits per heavy atom.